The van der Waals surface area contributed by atoms with Crippen molar-refractivity contribution < 1.29 is 9.59 Å². The van der Waals surface area contributed by atoms with Crippen molar-refractivity contribution in [3.63, 3.8) is 0 Å². The Labute approximate surface area is 224 Å². The van der Waals surface area contributed by atoms with Gasteiger partial charge in [0.15, 0.2) is 0 Å². The molecule has 4 heteroatoms. The molecule has 2 fully saturated rings. The van der Waals surface area contributed by atoms with E-state index < -0.39 is 0 Å². The Balaban J connectivity index is 1.08. The first-order chi connectivity index (χ1) is 18.5. The first-order valence-electron chi connectivity index (χ1n) is 13.4. The van der Waals surface area contributed by atoms with Crippen LogP contribution in [0, 0.1) is 25.7 Å². The highest BCUT2D eigenvalue weighted by molar-refractivity contribution is 5.97. The minimum absolute atomic E-state index is 0.0421. The normalized spacial score (nSPS) is 21.4. The van der Waals surface area contributed by atoms with Gasteiger partial charge in [0, 0.05) is 23.2 Å². The number of hydrogen-bond acceptors (Lipinski definition) is 2. The van der Waals surface area contributed by atoms with Gasteiger partial charge in [-0.05, 0) is 96.2 Å². The van der Waals surface area contributed by atoms with Crippen molar-refractivity contribution in [2.24, 2.45) is 11.8 Å². The number of amides is 2. The van der Waals surface area contributed by atoms with E-state index in [1.54, 1.807) is 0 Å². The van der Waals surface area contributed by atoms with Crippen LogP contribution in [-0.4, -0.2) is 11.8 Å². The predicted molar refractivity (Wildman–Crippen MR) is 153 cm³/mol. The van der Waals surface area contributed by atoms with Crippen LogP contribution in [0.2, 0.25) is 0 Å². The third-order valence-corrected chi connectivity index (χ3v) is 8.01. The fourth-order valence-corrected chi connectivity index (χ4v) is 5.52. The van der Waals surface area contributed by atoms with Gasteiger partial charge >= 0.3 is 0 Å². The summed E-state index contributed by atoms with van der Waals surface area (Å²) in [6.45, 7) is 4.06. The van der Waals surface area contributed by atoms with Gasteiger partial charge in [-0.2, -0.15) is 0 Å². The summed E-state index contributed by atoms with van der Waals surface area (Å²) in [5.41, 5.74) is 8.42. The van der Waals surface area contributed by atoms with Crippen molar-refractivity contribution >= 4 is 23.2 Å². The zero-order valence-corrected chi connectivity index (χ0v) is 21.8. The maximum Gasteiger partial charge on any atom is 0.228 e. The van der Waals surface area contributed by atoms with Crippen molar-refractivity contribution in [3.8, 4) is 11.1 Å². The molecule has 0 spiro atoms. The standard InChI is InChI=1S/C34H32N2O2/c1-21-17-25(13-15-31(21)35-33(37)29-19-27(29)23-9-5-3-6-10-23)26-14-16-32(22(2)18-26)36-34(38)30-20-28(30)24-11-7-4-8-12-24/h3-18,27-30H,19-20H2,1-2H3,(H,35,37)(H,36,38). The quantitative estimate of drug-likeness (QED) is 0.277. The van der Waals surface area contributed by atoms with Gasteiger partial charge in [-0.3, -0.25) is 9.59 Å². The van der Waals surface area contributed by atoms with Gasteiger partial charge in [0.05, 0.1) is 0 Å². The van der Waals surface area contributed by atoms with Crippen molar-refractivity contribution in [3.05, 3.63) is 119 Å². The van der Waals surface area contributed by atoms with E-state index in [0.717, 1.165) is 46.5 Å². The molecule has 4 unspecified atom stereocenters. The molecule has 2 amide bonds. The van der Waals surface area contributed by atoms with Gasteiger partial charge in [0.25, 0.3) is 0 Å². The van der Waals surface area contributed by atoms with E-state index in [0.29, 0.717) is 11.8 Å². The average molecular weight is 501 g/mol. The van der Waals surface area contributed by atoms with E-state index in [1.807, 2.05) is 74.5 Å². The highest BCUT2D eigenvalue weighted by Gasteiger charge is 2.44. The first-order valence-corrected chi connectivity index (χ1v) is 13.4. The molecule has 2 aliphatic rings. The molecule has 6 rings (SSSR count). The van der Waals surface area contributed by atoms with Crippen LogP contribution in [0.1, 0.15) is 46.9 Å². The summed E-state index contributed by atoms with van der Waals surface area (Å²) in [7, 11) is 0. The van der Waals surface area contributed by atoms with Gasteiger partial charge in [0.1, 0.15) is 0 Å². The maximum absolute atomic E-state index is 12.8. The van der Waals surface area contributed by atoms with E-state index >= 15 is 0 Å². The molecule has 38 heavy (non-hydrogen) atoms. The topological polar surface area (TPSA) is 58.2 Å². The average Bonchev–Trinajstić information content (AvgIpc) is 3.86. The molecule has 0 radical (unpaired) electrons. The number of hydrogen-bond donors (Lipinski definition) is 2. The minimum atomic E-state index is 0.0421. The second-order valence-electron chi connectivity index (χ2n) is 10.8. The summed E-state index contributed by atoms with van der Waals surface area (Å²) in [4.78, 5) is 25.7. The molecule has 2 aliphatic carbocycles. The monoisotopic (exact) mass is 500 g/mol. The molecule has 4 aromatic rings. The van der Waals surface area contributed by atoms with Crippen LogP contribution in [0.15, 0.2) is 97.1 Å². The second-order valence-corrected chi connectivity index (χ2v) is 10.8. The van der Waals surface area contributed by atoms with Crippen molar-refractivity contribution in [2.45, 2.75) is 38.5 Å². The lowest BCUT2D eigenvalue weighted by atomic mass is 9.99. The molecular formula is C34H32N2O2. The highest BCUT2D eigenvalue weighted by Crippen LogP contribution is 2.49. The second kappa shape index (κ2) is 9.94. The van der Waals surface area contributed by atoms with E-state index in [2.05, 4.69) is 47.0 Å². The molecule has 4 atom stereocenters. The fourth-order valence-electron chi connectivity index (χ4n) is 5.52. The summed E-state index contributed by atoms with van der Waals surface area (Å²) < 4.78 is 0. The summed E-state index contributed by atoms with van der Waals surface area (Å²) in [6.07, 6.45) is 1.81. The number of nitrogens with one attached hydrogen (secondary N) is 2. The molecule has 0 aromatic heterocycles. The Kier molecular flexibility index (Phi) is 6.32. The van der Waals surface area contributed by atoms with Gasteiger partial charge in [-0.25, -0.2) is 0 Å². The zero-order chi connectivity index (χ0) is 26.2. The Morgan fingerprint density at radius 2 is 0.974 bits per heavy atom. The lowest BCUT2D eigenvalue weighted by Crippen LogP contribution is -2.15. The van der Waals surface area contributed by atoms with Crippen molar-refractivity contribution in [1.29, 1.82) is 0 Å². The van der Waals surface area contributed by atoms with Gasteiger partial charge in [0.2, 0.25) is 11.8 Å². The van der Waals surface area contributed by atoms with Crippen molar-refractivity contribution in [2.75, 3.05) is 10.6 Å². The Morgan fingerprint density at radius 3 is 1.34 bits per heavy atom. The molecular weight excluding hydrogens is 468 g/mol. The Hall–Kier alpha value is -4.18. The molecule has 0 heterocycles. The SMILES string of the molecule is Cc1cc(-c2ccc(NC(=O)C3CC3c3ccccc3)c(C)c2)ccc1NC(=O)C1CC1c1ccccc1. The van der Waals surface area contributed by atoms with E-state index in [4.69, 9.17) is 0 Å². The van der Waals surface area contributed by atoms with Gasteiger partial charge < -0.3 is 10.6 Å². The van der Waals surface area contributed by atoms with Crippen LogP contribution < -0.4 is 10.6 Å². The van der Waals surface area contributed by atoms with Crippen LogP contribution >= 0.6 is 0 Å². The first kappa shape index (κ1) is 24.2. The molecule has 0 bridgehead atoms. The third-order valence-electron chi connectivity index (χ3n) is 8.01. The number of carbonyl (C=O) groups is 2. The van der Waals surface area contributed by atoms with Crippen LogP contribution in [-0.2, 0) is 9.59 Å². The van der Waals surface area contributed by atoms with Gasteiger partial charge in [-0.15, -0.1) is 0 Å². The van der Waals surface area contributed by atoms with Crippen LogP contribution in [0.4, 0.5) is 11.4 Å². The largest absolute Gasteiger partial charge is 0.326 e. The zero-order valence-electron chi connectivity index (χ0n) is 21.8. The number of anilines is 2. The minimum Gasteiger partial charge on any atom is -0.326 e. The summed E-state index contributed by atoms with van der Waals surface area (Å²) in [5, 5.41) is 6.28. The number of benzene rings is 4. The third kappa shape index (κ3) is 4.99. The summed E-state index contributed by atoms with van der Waals surface area (Å²) >= 11 is 0. The van der Waals surface area contributed by atoms with Crippen molar-refractivity contribution in [1.82, 2.24) is 0 Å². The van der Waals surface area contributed by atoms with E-state index in [1.165, 1.54) is 11.1 Å². The lowest BCUT2D eigenvalue weighted by Gasteiger charge is -2.13. The van der Waals surface area contributed by atoms with Crippen LogP contribution in [0.5, 0.6) is 0 Å². The summed E-state index contributed by atoms with van der Waals surface area (Å²) in [5.74, 6) is 0.913. The summed E-state index contributed by atoms with van der Waals surface area (Å²) in [6, 6.07) is 32.8. The van der Waals surface area contributed by atoms with E-state index in [9.17, 15) is 9.59 Å². The molecule has 190 valence electrons. The number of carbonyl (C=O) groups excluding carboxylic acids is 2. The number of aryl methyl sites for hydroxylation is 2. The molecule has 2 N–H and O–H groups in total. The highest BCUT2D eigenvalue weighted by atomic mass is 16.2. The molecule has 4 nitrogen and oxygen atoms in total. The van der Waals surface area contributed by atoms with E-state index in [-0.39, 0.29) is 23.7 Å². The maximum atomic E-state index is 12.8. The van der Waals surface area contributed by atoms with Crippen LogP contribution in [0.25, 0.3) is 11.1 Å². The molecule has 0 aliphatic heterocycles. The Bertz CT molecular complexity index is 1380. The predicted octanol–water partition coefficient (Wildman–Crippen LogP) is 7.45. The molecule has 0 saturated heterocycles. The molecule has 4 aromatic carbocycles. The van der Waals surface area contributed by atoms with Gasteiger partial charge in [-0.1, -0.05) is 72.8 Å². The Morgan fingerprint density at radius 1 is 0.579 bits per heavy atom. The van der Waals surface area contributed by atoms with Crippen LogP contribution in [0.3, 0.4) is 0 Å². The lowest BCUT2D eigenvalue weighted by molar-refractivity contribution is -0.118. The molecule has 2 saturated carbocycles. The smallest absolute Gasteiger partial charge is 0.228 e. The fraction of sp³-hybridized carbons (Fsp3) is 0.235. The number of rotatable bonds is 7.